The minimum absolute atomic E-state index is 0.176. The highest BCUT2D eigenvalue weighted by Gasteiger charge is 2.23. The molecule has 0 radical (unpaired) electrons. The Labute approximate surface area is 181 Å². The van der Waals surface area contributed by atoms with Gasteiger partial charge in [0.15, 0.2) is 5.82 Å². The molecule has 2 aromatic carbocycles. The van der Waals surface area contributed by atoms with Crippen molar-refractivity contribution in [3.63, 3.8) is 0 Å². The number of aromatic nitrogens is 3. The third-order valence-electron chi connectivity index (χ3n) is 5.35. The van der Waals surface area contributed by atoms with Crippen LogP contribution < -0.4 is 15.8 Å². The SMILES string of the molecule is Cn1c(C(=O)Nc2ccc(Cl)cc2-c2noc(=O)[nH]2)cc2cccc(OCC3CC3)c21. The Balaban J connectivity index is 1.48. The molecule has 1 amide bonds. The van der Waals surface area contributed by atoms with Crippen LogP contribution in [0.2, 0.25) is 5.02 Å². The van der Waals surface area contributed by atoms with Gasteiger partial charge in [-0.2, -0.15) is 0 Å². The lowest BCUT2D eigenvalue weighted by molar-refractivity contribution is 0.102. The molecule has 9 heteroatoms. The number of nitrogens with zero attached hydrogens (tertiary/aromatic N) is 2. The lowest BCUT2D eigenvalue weighted by Gasteiger charge is -2.11. The number of hydrogen-bond acceptors (Lipinski definition) is 5. The molecule has 2 heterocycles. The summed E-state index contributed by atoms with van der Waals surface area (Å²) in [7, 11) is 1.83. The molecule has 2 aromatic heterocycles. The maximum Gasteiger partial charge on any atom is 0.439 e. The average Bonchev–Trinajstić information content (AvgIpc) is 3.39. The summed E-state index contributed by atoms with van der Waals surface area (Å²) in [5.41, 5.74) is 2.21. The molecule has 31 heavy (non-hydrogen) atoms. The number of amides is 1. The van der Waals surface area contributed by atoms with Crippen molar-refractivity contribution in [1.29, 1.82) is 0 Å². The van der Waals surface area contributed by atoms with Gasteiger partial charge in [-0.25, -0.2) is 4.79 Å². The van der Waals surface area contributed by atoms with Crippen molar-refractivity contribution in [2.75, 3.05) is 11.9 Å². The molecule has 0 aliphatic heterocycles. The van der Waals surface area contributed by atoms with E-state index >= 15 is 0 Å². The molecule has 158 valence electrons. The molecular formula is C22H19ClN4O4. The summed E-state index contributed by atoms with van der Waals surface area (Å²) >= 11 is 6.10. The molecule has 4 aromatic rings. The van der Waals surface area contributed by atoms with Crippen molar-refractivity contribution < 1.29 is 14.1 Å². The van der Waals surface area contributed by atoms with Gasteiger partial charge in [0.1, 0.15) is 11.4 Å². The standard InChI is InChI=1S/C22H19ClN4O4/c1-27-17(9-13-3-2-4-18(19(13)27)30-11-12-5-6-12)21(28)24-16-8-7-14(23)10-15(16)20-25-22(29)31-26-20/h2-4,7-10,12H,5-6,11H2,1H3,(H,24,28)(H,25,26,29). The second kappa shape index (κ2) is 7.63. The van der Waals surface area contributed by atoms with Crippen molar-refractivity contribution in [3.05, 3.63) is 63.7 Å². The van der Waals surface area contributed by atoms with Crippen LogP contribution in [-0.2, 0) is 7.05 Å². The number of carbonyl (C=O) groups excluding carboxylic acids is 1. The van der Waals surface area contributed by atoms with Crippen molar-refractivity contribution in [3.8, 4) is 17.1 Å². The molecule has 1 aliphatic carbocycles. The van der Waals surface area contributed by atoms with Gasteiger partial charge in [-0.05, 0) is 49.1 Å². The van der Waals surface area contributed by atoms with E-state index in [1.807, 2.05) is 35.9 Å². The summed E-state index contributed by atoms with van der Waals surface area (Å²) in [6, 6.07) is 12.5. The number of H-pyrrole nitrogens is 1. The molecule has 1 saturated carbocycles. The molecule has 0 spiro atoms. The van der Waals surface area contributed by atoms with Crippen LogP contribution in [-0.4, -0.2) is 27.2 Å². The highest BCUT2D eigenvalue weighted by atomic mass is 35.5. The number of nitrogens with one attached hydrogen (secondary N) is 2. The summed E-state index contributed by atoms with van der Waals surface area (Å²) in [5.74, 6) is 0.555. The number of halogens is 1. The molecule has 0 unspecified atom stereocenters. The van der Waals surface area contributed by atoms with E-state index in [1.165, 1.54) is 12.8 Å². The summed E-state index contributed by atoms with van der Waals surface area (Å²) in [5, 5.41) is 7.92. The molecule has 5 rings (SSSR count). The van der Waals surface area contributed by atoms with Crippen molar-refractivity contribution >= 4 is 34.1 Å². The summed E-state index contributed by atoms with van der Waals surface area (Å²) in [6.07, 6.45) is 2.41. The zero-order valence-electron chi connectivity index (χ0n) is 16.6. The van der Waals surface area contributed by atoms with Crippen LogP contribution >= 0.6 is 11.6 Å². The first-order valence-electron chi connectivity index (χ1n) is 9.88. The minimum Gasteiger partial charge on any atom is -0.491 e. The zero-order chi connectivity index (χ0) is 21.5. The number of fused-ring (bicyclic) bond motifs is 1. The summed E-state index contributed by atoms with van der Waals surface area (Å²) in [6.45, 7) is 0.690. The first kappa shape index (κ1) is 19.4. The number of aromatic amines is 1. The second-order valence-electron chi connectivity index (χ2n) is 7.62. The largest absolute Gasteiger partial charge is 0.491 e. The zero-order valence-corrected chi connectivity index (χ0v) is 17.4. The Morgan fingerprint density at radius 2 is 2.16 bits per heavy atom. The maximum atomic E-state index is 13.1. The van der Waals surface area contributed by atoms with Crippen LogP contribution in [0.15, 0.2) is 51.8 Å². The number of ether oxygens (including phenoxy) is 1. The number of aryl methyl sites for hydroxylation is 1. The van der Waals surface area contributed by atoms with Crippen LogP contribution in [0, 0.1) is 5.92 Å². The van der Waals surface area contributed by atoms with Gasteiger partial charge in [0, 0.05) is 23.0 Å². The lowest BCUT2D eigenvalue weighted by atomic mass is 10.1. The first-order valence-corrected chi connectivity index (χ1v) is 10.3. The van der Waals surface area contributed by atoms with Gasteiger partial charge >= 0.3 is 5.76 Å². The highest BCUT2D eigenvalue weighted by molar-refractivity contribution is 6.31. The fourth-order valence-electron chi connectivity index (χ4n) is 3.56. The van der Waals surface area contributed by atoms with Gasteiger partial charge in [0.25, 0.3) is 5.91 Å². The van der Waals surface area contributed by atoms with Gasteiger partial charge in [-0.3, -0.25) is 14.3 Å². The Morgan fingerprint density at radius 3 is 2.90 bits per heavy atom. The van der Waals surface area contributed by atoms with E-state index < -0.39 is 5.76 Å². The van der Waals surface area contributed by atoms with E-state index in [9.17, 15) is 9.59 Å². The smallest absolute Gasteiger partial charge is 0.439 e. The normalized spacial score (nSPS) is 13.5. The van der Waals surface area contributed by atoms with E-state index in [0.29, 0.717) is 34.5 Å². The number of carbonyl (C=O) groups is 1. The van der Waals surface area contributed by atoms with E-state index in [-0.39, 0.29) is 11.7 Å². The van der Waals surface area contributed by atoms with Crippen LogP contribution in [0.3, 0.4) is 0 Å². The Kier molecular flexibility index (Phi) is 4.78. The Bertz CT molecular complexity index is 1350. The molecule has 1 aliphatic rings. The van der Waals surface area contributed by atoms with Crippen molar-refractivity contribution in [2.45, 2.75) is 12.8 Å². The van der Waals surface area contributed by atoms with Crippen molar-refractivity contribution in [2.24, 2.45) is 13.0 Å². The number of benzene rings is 2. The molecular weight excluding hydrogens is 420 g/mol. The third kappa shape index (κ3) is 3.82. The molecule has 1 fully saturated rings. The number of hydrogen-bond donors (Lipinski definition) is 2. The van der Waals surface area contributed by atoms with E-state index in [0.717, 1.165) is 16.7 Å². The van der Waals surface area contributed by atoms with Gasteiger partial charge in [0.2, 0.25) is 0 Å². The molecule has 0 atom stereocenters. The monoisotopic (exact) mass is 438 g/mol. The summed E-state index contributed by atoms with van der Waals surface area (Å²) in [4.78, 5) is 27.0. The Morgan fingerprint density at radius 1 is 1.32 bits per heavy atom. The van der Waals surface area contributed by atoms with Crippen molar-refractivity contribution in [1.82, 2.24) is 14.7 Å². The van der Waals surface area contributed by atoms with Crippen LogP contribution in [0.4, 0.5) is 5.69 Å². The Hall–Kier alpha value is -3.52. The summed E-state index contributed by atoms with van der Waals surface area (Å²) < 4.78 is 12.4. The fraction of sp³-hybridized carbons (Fsp3) is 0.227. The van der Waals surface area contributed by atoms with E-state index in [2.05, 4.69) is 20.0 Å². The number of rotatable bonds is 6. The molecule has 0 bridgehead atoms. The maximum absolute atomic E-state index is 13.1. The highest BCUT2D eigenvalue weighted by Crippen LogP contribution is 2.33. The van der Waals surface area contributed by atoms with Gasteiger partial charge in [-0.1, -0.05) is 28.9 Å². The minimum atomic E-state index is -0.695. The van der Waals surface area contributed by atoms with Gasteiger partial charge in [0.05, 0.1) is 17.8 Å². The average molecular weight is 439 g/mol. The molecule has 0 saturated heterocycles. The van der Waals surface area contributed by atoms with Gasteiger partial charge in [-0.15, -0.1) is 0 Å². The van der Waals surface area contributed by atoms with Crippen LogP contribution in [0.25, 0.3) is 22.3 Å². The van der Waals surface area contributed by atoms with Crippen LogP contribution in [0.1, 0.15) is 23.3 Å². The predicted octanol–water partition coefficient (Wildman–Crippen LogP) is 4.22. The number of para-hydroxylation sites is 1. The quantitative estimate of drug-likeness (QED) is 0.469. The van der Waals surface area contributed by atoms with E-state index in [1.54, 1.807) is 18.2 Å². The fourth-order valence-corrected chi connectivity index (χ4v) is 3.73. The molecule has 2 N–H and O–H groups in total. The predicted molar refractivity (Wildman–Crippen MR) is 117 cm³/mol. The van der Waals surface area contributed by atoms with Crippen LogP contribution in [0.5, 0.6) is 5.75 Å². The lowest BCUT2D eigenvalue weighted by Crippen LogP contribution is -2.16. The van der Waals surface area contributed by atoms with E-state index in [4.69, 9.17) is 16.3 Å². The third-order valence-corrected chi connectivity index (χ3v) is 5.58. The van der Waals surface area contributed by atoms with Gasteiger partial charge < -0.3 is 14.6 Å². The topological polar surface area (TPSA) is 102 Å². The molecule has 8 nitrogen and oxygen atoms in total. The first-order chi connectivity index (χ1) is 15.0. The second-order valence-corrected chi connectivity index (χ2v) is 8.06. The number of anilines is 1.